The summed E-state index contributed by atoms with van der Waals surface area (Å²) in [6.07, 6.45) is -9.86. The molecule has 63 heavy (non-hydrogen) atoms. The number of urea groups is 1. The number of alkyl halides is 3. The maximum Gasteiger partial charge on any atom is 0.471 e. The highest BCUT2D eigenvalue weighted by Gasteiger charge is 2.54. The molecule has 4 amide bonds. The van der Waals surface area contributed by atoms with Gasteiger partial charge in [-0.1, -0.05) is 61.5 Å². The fourth-order valence-corrected chi connectivity index (χ4v) is 9.29. The van der Waals surface area contributed by atoms with Crippen LogP contribution in [0.5, 0.6) is 11.5 Å². The van der Waals surface area contributed by atoms with E-state index in [1.165, 1.54) is 4.90 Å². The Bertz CT molecular complexity index is 1950. The number of carbonyl (C=O) groups is 3. The van der Waals surface area contributed by atoms with Gasteiger partial charge < -0.3 is 38.0 Å². The van der Waals surface area contributed by atoms with Gasteiger partial charge in [-0.05, 0) is 68.7 Å². The third-order valence-corrected chi connectivity index (χ3v) is 12.6. The molecule has 2 fully saturated rings. The molecule has 2 N–H and O–H groups in total. The summed E-state index contributed by atoms with van der Waals surface area (Å²) in [6, 6.07) is 25.3. The van der Waals surface area contributed by atoms with Crippen molar-refractivity contribution < 1.29 is 60.3 Å². The van der Waals surface area contributed by atoms with Gasteiger partial charge in [0.1, 0.15) is 35.4 Å². The summed E-state index contributed by atoms with van der Waals surface area (Å²) >= 11 is 0. The zero-order valence-electron chi connectivity index (χ0n) is 36.3. The number of nitrogens with one attached hydrogen (secondary N) is 2. The molecule has 0 bridgehead atoms. The molecular weight excluding hydrogens is 846 g/mol. The van der Waals surface area contributed by atoms with Crippen LogP contribution in [0.2, 0.25) is 0 Å². The lowest BCUT2D eigenvalue weighted by molar-refractivity contribution is -0.174. The van der Waals surface area contributed by atoms with Crippen LogP contribution in [0, 0.1) is 17.2 Å². The van der Waals surface area contributed by atoms with Crippen molar-refractivity contribution in [1.82, 2.24) is 20.2 Å². The molecule has 0 saturated carbocycles. The summed E-state index contributed by atoms with van der Waals surface area (Å²) in [6.45, 7) is 8.09. The van der Waals surface area contributed by atoms with Crippen molar-refractivity contribution >= 4 is 26.4 Å². The van der Waals surface area contributed by atoms with Crippen LogP contribution in [-0.2, 0) is 38.4 Å². The van der Waals surface area contributed by atoms with E-state index in [0.717, 1.165) is 5.56 Å². The second-order valence-electron chi connectivity index (χ2n) is 15.4. The van der Waals surface area contributed by atoms with Crippen LogP contribution in [0.1, 0.15) is 57.7 Å². The summed E-state index contributed by atoms with van der Waals surface area (Å²) in [5.41, 5.74) is 0.797. The normalized spacial score (nSPS) is 21.1. The predicted molar refractivity (Wildman–Crippen MR) is 225 cm³/mol. The number of nitriles is 1. The quantitative estimate of drug-likeness (QED) is 0.0664. The van der Waals surface area contributed by atoms with Gasteiger partial charge in [-0.3, -0.25) is 19.8 Å². The van der Waals surface area contributed by atoms with Crippen molar-refractivity contribution in [3.05, 3.63) is 95.6 Å². The van der Waals surface area contributed by atoms with Crippen molar-refractivity contribution in [1.29, 1.82) is 5.26 Å². The maximum absolute atomic E-state index is 13.6. The molecular formula is C44H55F3N5O10P. The number of rotatable bonds is 21. The molecule has 342 valence electrons. The van der Waals surface area contributed by atoms with E-state index in [2.05, 4.69) is 11.4 Å². The molecule has 2 aliphatic rings. The first-order valence-corrected chi connectivity index (χ1v) is 21.7. The number of hydrogen-bond acceptors (Lipinski definition) is 12. The van der Waals surface area contributed by atoms with E-state index in [4.69, 9.17) is 32.7 Å². The average molecular weight is 902 g/mol. The fourth-order valence-electron chi connectivity index (χ4n) is 7.52. The van der Waals surface area contributed by atoms with Gasteiger partial charge in [0.2, 0.25) is 5.91 Å². The summed E-state index contributed by atoms with van der Waals surface area (Å²) in [7, 11) is 1.11. The molecule has 2 aliphatic heterocycles. The summed E-state index contributed by atoms with van der Waals surface area (Å²) in [4.78, 5) is 39.3. The van der Waals surface area contributed by atoms with E-state index < -0.39 is 81.8 Å². The Labute approximate surface area is 367 Å². The van der Waals surface area contributed by atoms with Crippen LogP contribution in [-0.4, -0.2) is 117 Å². The Balaban J connectivity index is 1.65. The summed E-state index contributed by atoms with van der Waals surface area (Å²) in [5.74, 6) is -2.11. The molecule has 3 aromatic rings. The fraction of sp³-hybridized carbons (Fsp3) is 0.500. The first kappa shape index (κ1) is 49.2. The van der Waals surface area contributed by atoms with E-state index in [1.54, 1.807) is 21.1 Å². The zero-order valence-corrected chi connectivity index (χ0v) is 37.2. The standard InChI is InChI=1S/C44H55F3N5O10P/c1-28(2)52(29(3)4)63(60-24-11-22-48)62-37-36(61-40(51-26-30(5)39(53)50-42(51)55)38(37)58-25-23-49-41(54)44(45,46)47)27-59-43(31-12-9-8-10-13-31,32-14-18-34(56-6)19-15-32)33-16-20-35(57-7)21-17-33/h8-10,12-21,28-30,36-38,40H,11,23-27H2,1-7H3,(H,49,54)(H,50,53,55)/t30?,36-,37-,38-,40-,63?/m1/s1. The van der Waals surface area contributed by atoms with Gasteiger partial charge in [-0.2, -0.15) is 18.4 Å². The minimum Gasteiger partial charge on any atom is -0.497 e. The number of hydrogen-bond donors (Lipinski definition) is 2. The number of methoxy groups -OCH3 is 2. The first-order valence-electron chi connectivity index (χ1n) is 20.5. The number of ether oxygens (including phenoxy) is 5. The van der Waals surface area contributed by atoms with Crippen molar-refractivity contribution in [3.63, 3.8) is 0 Å². The number of carbonyl (C=O) groups excluding carboxylic acids is 3. The van der Waals surface area contributed by atoms with Gasteiger partial charge in [-0.25, -0.2) is 9.46 Å². The highest BCUT2D eigenvalue weighted by Crippen LogP contribution is 2.51. The summed E-state index contributed by atoms with van der Waals surface area (Å²) < 4.78 is 86.1. The third kappa shape index (κ3) is 11.8. The van der Waals surface area contributed by atoms with Gasteiger partial charge in [0.15, 0.2) is 6.23 Å². The molecule has 15 nitrogen and oxygen atoms in total. The topological polar surface area (TPSA) is 170 Å². The van der Waals surface area contributed by atoms with Gasteiger partial charge in [0, 0.05) is 25.2 Å². The molecule has 2 saturated heterocycles. The Kier molecular flexibility index (Phi) is 17.3. The van der Waals surface area contributed by atoms with Crippen LogP contribution in [0.4, 0.5) is 18.0 Å². The SMILES string of the molecule is COc1ccc(C(OC[C@H]2O[C@@H](N3CC(C)C(=O)NC3=O)[C@H](OCCNC(=O)C(F)(F)F)[C@@H]2OP(OCCC#N)N(C(C)C)C(C)C)(c2ccccc2)c2ccc(OC)cc2)cc1. The Morgan fingerprint density at radius 1 is 0.921 bits per heavy atom. The van der Waals surface area contributed by atoms with E-state index in [1.807, 2.05) is 117 Å². The Morgan fingerprint density at radius 3 is 2.02 bits per heavy atom. The molecule has 6 atom stereocenters. The van der Waals surface area contributed by atoms with Crippen molar-refractivity contribution in [2.75, 3.05) is 47.1 Å². The molecule has 0 aromatic heterocycles. The minimum atomic E-state index is -5.13. The second kappa shape index (κ2) is 22.2. The van der Waals surface area contributed by atoms with Crippen LogP contribution < -0.4 is 20.1 Å². The largest absolute Gasteiger partial charge is 0.497 e. The first-order chi connectivity index (χ1) is 30.0. The molecule has 3 aromatic carbocycles. The van der Waals surface area contributed by atoms with E-state index in [-0.39, 0.29) is 38.3 Å². The molecule has 0 spiro atoms. The number of benzene rings is 3. The molecule has 2 heterocycles. The van der Waals surface area contributed by atoms with Crippen molar-refractivity contribution in [2.24, 2.45) is 5.92 Å². The predicted octanol–water partition coefficient (Wildman–Crippen LogP) is 6.65. The lowest BCUT2D eigenvalue weighted by atomic mass is 9.80. The second-order valence-corrected chi connectivity index (χ2v) is 16.8. The number of imide groups is 1. The lowest BCUT2D eigenvalue weighted by Gasteiger charge is -2.39. The van der Waals surface area contributed by atoms with Gasteiger partial charge in [0.25, 0.3) is 8.53 Å². The number of amides is 4. The van der Waals surface area contributed by atoms with Crippen molar-refractivity contribution in [2.45, 2.75) is 89.4 Å². The average Bonchev–Trinajstić information content (AvgIpc) is 3.59. The van der Waals surface area contributed by atoms with E-state index in [0.29, 0.717) is 22.6 Å². The zero-order chi connectivity index (χ0) is 45.9. The van der Waals surface area contributed by atoms with Crippen LogP contribution in [0.15, 0.2) is 78.9 Å². The molecule has 5 rings (SSSR count). The molecule has 2 unspecified atom stereocenters. The van der Waals surface area contributed by atoms with Crippen LogP contribution >= 0.6 is 8.53 Å². The van der Waals surface area contributed by atoms with Crippen LogP contribution in [0.25, 0.3) is 0 Å². The minimum absolute atomic E-state index is 0.00548. The molecule has 19 heteroatoms. The van der Waals surface area contributed by atoms with E-state index >= 15 is 0 Å². The summed E-state index contributed by atoms with van der Waals surface area (Å²) in [5, 5.41) is 13.6. The number of nitrogens with zero attached hydrogens (tertiary/aromatic N) is 3. The maximum atomic E-state index is 13.6. The van der Waals surface area contributed by atoms with Gasteiger partial charge in [0.05, 0.1) is 52.4 Å². The number of halogens is 3. The van der Waals surface area contributed by atoms with Crippen molar-refractivity contribution in [3.8, 4) is 17.6 Å². The van der Waals surface area contributed by atoms with Gasteiger partial charge >= 0.3 is 18.1 Å². The Morgan fingerprint density at radius 2 is 1.49 bits per heavy atom. The van der Waals surface area contributed by atoms with Crippen LogP contribution in [0.3, 0.4) is 0 Å². The highest BCUT2D eigenvalue weighted by atomic mass is 31.2. The van der Waals surface area contributed by atoms with E-state index in [9.17, 15) is 32.8 Å². The monoisotopic (exact) mass is 901 g/mol. The third-order valence-electron chi connectivity index (χ3n) is 10.5. The highest BCUT2D eigenvalue weighted by molar-refractivity contribution is 7.44. The smallest absolute Gasteiger partial charge is 0.471 e. The Hall–Kier alpha value is -4.86. The lowest BCUT2D eigenvalue weighted by Crippen LogP contribution is -2.60. The molecule has 0 aliphatic carbocycles. The molecule has 0 radical (unpaired) electrons. The van der Waals surface area contributed by atoms with Gasteiger partial charge in [-0.15, -0.1) is 0 Å².